The number of hydrogen-bond acceptors (Lipinski definition) is 3. The number of nitrogens with zero attached hydrogens (tertiary/aromatic N) is 1. The van der Waals surface area contributed by atoms with E-state index < -0.39 is 0 Å². The van der Waals surface area contributed by atoms with Crippen LogP contribution in [0.5, 0.6) is 0 Å². The van der Waals surface area contributed by atoms with E-state index in [4.69, 9.17) is 11.5 Å². The average molecular weight is 357 g/mol. The summed E-state index contributed by atoms with van der Waals surface area (Å²) >= 11 is 0. The summed E-state index contributed by atoms with van der Waals surface area (Å²) in [6.45, 7) is 1.82. The molecule has 0 bridgehead atoms. The zero-order valence-electron chi connectivity index (χ0n) is 15.5. The third-order valence-electron chi connectivity index (χ3n) is 4.46. The minimum absolute atomic E-state index is 0.0490. The number of carbonyl (C=O) groups excluding carboxylic acids is 1. The molecule has 3 rings (SSSR count). The van der Waals surface area contributed by atoms with E-state index in [1.807, 2.05) is 85.8 Å². The molecule has 0 spiro atoms. The standard InChI is InChI=1S/C23H23N3O/c1-16(15-17-3-9-20(24)10-4-17)23(27)26(2)22-13-7-19(8-14-22)18-5-11-21(25)12-6-18/h3-15H,24-25H2,1-2H3/b16-15+. The molecule has 0 atom stereocenters. The normalized spacial score (nSPS) is 11.3. The number of carbonyl (C=O) groups is 1. The van der Waals surface area contributed by atoms with Gasteiger partial charge in [0.25, 0.3) is 5.91 Å². The van der Waals surface area contributed by atoms with E-state index in [2.05, 4.69) is 0 Å². The van der Waals surface area contributed by atoms with Gasteiger partial charge in [0.1, 0.15) is 0 Å². The fourth-order valence-electron chi connectivity index (χ4n) is 2.84. The molecular formula is C23H23N3O. The molecule has 136 valence electrons. The maximum absolute atomic E-state index is 12.7. The van der Waals surface area contributed by atoms with Crippen LogP contribution in [0.4, 0.5) is 17.1 Å². The Morgan fingerprint density at radius 3 is 1.74 bits per heavy atom. The summed E-state index contributed by atoms with van der Waals surface area (Å²) in [5.74, 6) is -0.0490. The summed E-state index contributed by atoms with van der Waals surface area (Å²) < 4.78 is 0. The van der Waals surface area contributed by atoms with E-state index in [9.17, 15) is 4.79 Å². The quantitative estimate of drug-likeness (QED) is 0.530. The van der Waals surface area contributed by atoms with Crippen LogP contribution in [0.2, 0.25) is 0 Å². The molecule has 27 heavy (non-hydrogen) atoms. The Morgan fingerprint density at radius 2 is 1.22 bits per heavy atom. The number of nitrogens with two attached hydrogens (primary N) is 2. The molecule has 1 amide bonds. The van der Waals surface area contributed by atoms with Crippen molar-refractivity contribution in [1.29, 1.82) is 0 Å². The van der Waals surface area contributed by atoms with Crippen LogP contribution < -0.4 is 16.4 Å². The van der Waals surface area contributed by atoms with Crippen LogP contribution in [0.25, 0.3) is 17.2 Å². The van der Waals surface area contributed by atoms with Crippen LogP contribution in [0.1, 0.15) is 12.5 Å². The predicted molar refractivity (Wildman–Crippen MR) is 114 cm³/mol. The number of likely N-dealkylation sites (N-methyl/N-ethyl adjacent to an activating group) is 1. The Kier molecular flexibility index (Phi) is 5.27. The fraction of sp³-hybridized carbons (Fsp3) is 0.0870. The van der Waals surface area contributed by atoms with Crippen LogP contribution in [-0.2, 0) is 4.79 Å². The Hall–Kier alpha value is -3.53. The zero-order chi connectivity index (χ0) is 19.4. The van der Waals surface area contributed by atoms with Gasteiger partial charge < -0.3 is 16.4 Å². The Morgan fingerprint density at radius 1 is 0.778 bits per heavy atom. The van der Waals surface area contributed by atoms with E-state index in [1.54, 1.807) is 11.9 Å². The molecule has 3 aromatic carbocycles. The first-order chi connectivity index (χ1) is 12.9. The van der Waals surface area contributed by atoms with Crippen LogP contribution in [-0.4, -0.2) is 13.0 Å². The maximum Gasteiger partial charge on any atom is 0.253 e. The highest BCUT2D eigenvalue weighted by molar-refractivity contribution is 6.07. The van der Waals surface area contributed by atoms with Crippen molar-refractivity contribution in [3.8, 4) is 11.1 Å². The first kappa shape index (κ1) is 18.3. The van der Waals surface area contributed by atoms with Crippen molar-refractivity contribution in [1.82, 2.24) is 0 Å². The molecule has 0 aliphatic carbocycles. The third kappa shape index (κ3) is 4.36. The van der Waals surface area contributed by atoms with Crippen molar-refractivity contribution in [3.63, 3.8) is 0 Å². The first-order valence-electron chi connectivity index (χ1n) is 8.72. The average Bonchev–Trinajstić information content (AvgIpc) is 2.69. The topological polar surface area (TPSA) is 72.4 Å². The molecule has 0 saturated carbocycles. The minimum atomic E-state index is -0.0490. The van der Waals surface area contributed by atoms with Gasteiger partial charge in [-0.05, 0) is 66.1 Å². The Bertz CT molecular complexity index is 956. The predicted octanol–water partition coefficient (Wildman–Crippen LogP) is 4.58. The molecule has 0 aromatic heterocycles. The minimum Gasteiger partial charge on any atom is -0.399 e. The zero-order valence-corrected chi connectivity index (χ0v) is 15.5. The lowest BCUT2D eigenvalue weighted by atomic mass is 10.0. The maximum atomic E-state index is 12.7. The molecule has 3 aromatic rings. The van der Waals surface area contributed by atoms with Gasteiger partial charge in [-0.25, -0.2) is 0 Å². The number of benzene rings is 3. The lowest BCUT2D eigenvalue weighted by molar-refractivity contribution is -0.114. The second kappa shape index (κ2) is 7.79. The van der Waals surface area contributed by atoms with Gasteiger partial charge in [0.2, 0.25) is 0 Å². The second-order valence-electron chi connectivity index (χ2n) is 6.53. The summed E-state index contributed by atoms with van der Waals surface area (Å²) in [6.07, 6.45) is 1.86. The van der Waals surface area contributed by atoms with Gasteiger partial charge in [-0.15, -0.1) is 0 Å². The smallest absolute Gasteiger partial charge is 0.253 e. The van der Waals surface area contributed by atoms with Crippen LogP contribution in [0.3, 0.4) is 0 Å². The Balaban J connectivity index is 1.76. The van der Waals surface area contributed by atoms with Crippen molar-refractivity contribution < 1.29 is 4.79 Å². The third-order valence-corrected chi connectivity index (χ3v) is 4.46. The highest BCUT2D eigenvalue weighted by atomic mass is 16.2. The highest BCUT2D eigenvalue weighted by Crippen LogP contribution is 2.24. The summed E-state index contributed by atoms with van der Waals surface area (Å²) in [6, 6.07) is 23.1. The molecule has 4 nitrogen and oxygen atoms in total. The van der Waals surface area contributed by atoms with Crippen LogP contribution in [0.15, 0.2) is 78.4 Å². The van der Waals surface area contributed by atoms with Crippen molar-refractivity contribution >= 4 is 29.0 Å². The first-order valence-corrected chi connectivity index (χ1v) is 8.72. The molecular weight excluding hydrogens is 334 g/mol. The Labute approximate surface area is 159 Å². The van der Waals surface area contributed by atoms with E-state index in [-0.39, 0.29) is 5.91 Å². The highest BCUT2D eigenvalue weighted by Gasteiger charge is 2.13. The largest absolute Gasteiger partial charge is 0.399 e. The molecule has 0 aliphatic rings. The summed E-state index contributed by atoms with van der Waals surface area (Å²) in [5, 5.41) is 0. The van der Waals surface area contributed by atoms with Crippen molar-refractivity contribution in [2.75, 3.05) is 23.4 Å². The van der Waals surface area contributed by atoms with Crippen LogP contribution in [0, 0.1) is 0 Å². The SMILES string of the molecule is C/C(=C\c1ccc(N)cc1)C(=O)N(C)c1ccc(-c2ccc(N)cc2)cc1. The number of hydrogen-bond donors (Lipinski definition) is 2. The van der Waals surface area contributed by atoms with Gasteiger partial charge >= 0.3 is 0 Å². The molecule has 0 unspecified atom stereocenters. The van der Waals surface area contributed by atoms with Crippen molar-refractivity contribution in [2.45, 2.75) is 6.92 Å². The summed E-state index contributed by atoms with van der Waals surface area (Å²) in [5.41, 5.74) is 17.5. The molecule has 0 radical (unpaired) electrons. The van der Waals surface area contributed by atoms with Crippen molar-refractivity contribution in [2.24, 2.45) is 0 Å². The van der Waals surface area contributed by atoms with E-state index >= 15 is 0 Å². The van der Waals surface area contributed by atoms with E-state index in [0.29, 0.717) is 11.3 Å². The van der Waals surface area contributed by atoms with Gasteiger partial charge in [0.05, 0.1) is 0 Å². The second-order valence-corrected chi connectivity index (χ2v) is 6.53. The van der Waals surface area contributed by atoms with E-state index in [0.717, 1.165) is 28.1 Å². The molecule has 0 fully saturated rings. The van der Waals surface area contributed by atoms with Gasteiger partial charge in [0.15, 0.2) is 0 Å². The number of amides is 1. The van der Waals surface area contributed by atoms with Crippen molar-refractivity contribution in [3.05, 3.63) is 83.9 Å². The lowest BCUT2D eigenvalue weighted by Gasteiger charge is -2.18. The van der Waals surface area contributed by atoms with Gasteiger partial charge in [-0.3, -0.25) is 4.79 Å². The van der Waals surface area contributed by atoms with E-state index in [1.165, 1.54) is 0 Å². The summed E-state index contributed by atoms with van der Waals surface area (Å²) in [4.78, 5) is 14.4. The number of anilines is 3. The summed E-state index contributed by atoms with van der Waals surface area (Å²) in [7, 11) is 1.78. The number of rotatable bonds is 4. The monoisotopic (exact) mass is 357 g/mol. The fourth-order valence-corrected chi connectivity index (χ4v) is 2.84. The van der Waals surface area contributed by atoms with Gasteiger partial charge in [-0.1, -0.05) is 36.4 Å². The van der Waals surface area contributed by atoms with Gasteiger partial charge in [-0.2, -0.15) is 0 Å². The molecule has 0 heterocycles. The molecule has 0 saturated heterocycles. The number of nitrogen functional groups attached to an aromatic ring is 2. The van der Waals surface area contributed by atoms with Gasteiger partial charge in [0, 0.05) is 29.7 Å². The molecule has 4 heteroatoms. The molecule has 4 N–H and O–H groups in total. The molecule has 0 aliphatic heterocycles. The van der Waals surface area contributed by atoms with Crippen LogP contribution >= 0.6 is 0 Å². The lowest BCUT2D eigenvalue weighted by Crippen LogP contribution is -2.26.